The van der Waals surface area contributed by atoms with Crippen LogP contribution in [-0.2, 0) is 16.8 Å². The van der Waals surface area contributed by atoms with Crippen molar-refractivity contribution in [3.8, 4) is 0 Å². The lowest BCUT2D eigenvalue weighted by Gasteiger charge is -2.18. The Morgan fingerprint density at radius 2 is 1.95 bits per heavy atom. The van der Waals surface area contributed by atoms with Crippen LogP contribution in [0.15, 0.2) is 48.5 Å². The summed E-state index contributed by atoms with van der Waals surface area (Å²) >= 11 is 0. The van der Waals surface area contributed by atoms with E-state index in [-0.39, 0.29) is 17.3 Å². The molecule has 0 bridgehead atoms. The summed E-state index contributed by atoms with van der Waals surface area (Å²) in [5.41, 5.74) is 8.04. The molecule has 0 aliphatic heterocycles. The fourth-order valence-electron chi connectivity index (χ4n) is 2.74. The van der Waals surface area contributed by atoms with Gasteiger partial charge in [0.15, 0.2) is 0 Å². The minimum Gasteiger partial charge on any atom is -0.399 e. The number of nitrogen functional groups attached to an aromatic ring is 1. The van der Waals surface area contributed by atoms with Crippen LogP contribution in [0.4, 0.5) is 10.1 Å². The number of rotatable bonds is 5. The number of benzene rings is 2. The maximum Gasteiger partial charge on any atom is 0.221 e. The van der Waals surface area contributed by atoms with Crippen molar-refractivity contribution in [3.05, 3.63) is 65.5 Å². The van der Waals surface area contributed by atoms with Crippen LogP contribution in [0.5, 0.6) is 0 Å². The Hall–Kier alpha value is -2.36. The average Bonchev–Trinajstić information content (AvgIpc) is 3.27. The van der Waals surface area contributed by atoms with Crippen LogP contribution in [0.3, 0.4) is 0 Å². The second-order valence-corrected chi connectivity index (χ2v) is 5.84. The summed E-state index contributed by atoms with van der Waals surface area (Å²) in [5.74, 6) is -0.292. The van der Waals surface area contributed by atoms with Gasteiger partial charge in [0.1, 0.15) is 5.82 Å². The smallest absolute Gasteiger partial charge is 0.221 e. The van der Waals surface area contributed by atoms with E-state index >= 15 is 0 Å². The number of nitrogens with one attached hydrogen (secondary N) is 1. The minimum absolute atomic E-state index is 0.0231. The number of amides is 1. The van der Waals surface area contributed by atoms with Crippen molar-refractivity contribution in [1.29, 1.82) is 0 Å². The summed E-state index contributed by atoms with van der Waals surface area (Å²) in [7, 11) is 0. The van der Waals surface area contributed by atoms with Crippen molar-refractivity contribution >= 4 is 11.6 Å². The first kappa shape index (κ1) is 14.6. The zero-order chi connectivity index (χ0) is 15.6. The van der Waals surface area contributed by atoms with Gasteiger partial charge in [-0.25, -0.2) is 4.39 Å². The van der Waals surface area contributed by atoms with Crippen LogP contribution >= 0.6 is 0 Å². The SMILES string of the molecule is Nc1ccccc1CCC(=O)NC1(c2cccc(F)c2)CC1. The molecule has 3 N–H and O–H groups in total. The third-order valence-corrected chi connectivity index (χ3v) is 4.18. The van der Waals surface area contributed by atoms with Crippen molar-refractivity contribution in [3.63, 3.8) is 0 Å². The molecule has 0 aromatic heterocycles. The minimum atomic E-state index is -0.374. The van der Waals surface area contributed by atoms with E-state index in [2.05, 4.69) is 5.32 Å². The lowest BCUT2D eigenvalue weighted by atomic mass is 10.0. The predicted octanol–water partition coefficient (Wildman–Crippen LogP) is 3.15. The number of carbonyl (C=O) groups is 1. The van der Waals surface area contributed by atoms with E-state index in [1.165, 1.54) is 12.1 Å². The van der Waals surface area contributed by atoms with Gasteiger partial charge in [0.05, 0.1) is 5.54 Å². The quantitative estimate of drug-likeness (QED) is 0.833. The highest BCUT2D eigenvalue weighted by Crippen LogP contribution is 2.45. The molecule has 2 aromatic rings. The van der Waals surface area contributed by atoms with Gasteiger partial charge in [-0.05, 0) is 48.6 Å². The molecule has 22 heavy (non-hydrogen) atoms. The Bertz CT molecular complexity index is 695. The standard InChI is InChI=1S/C18H19FN2O/c19-15-6-3-5-14(12-15)18(10-11-18)21-17(22)9-8-13-4-1-2-7-16(13)20/h1-7,12H,8-11,20H2,(H,21,22). The molecule has 0 radical (unpaired) electrons. The van der Waals surface area contributed by atoms with Crippen molar-refractivity contribution in [2.24, 2.45) is 0 Å². The summed E-state index contributed by atoms with van der Waals surface area (Å²) in [5, 5.41) is 3.05. The highest BCUT2D eigenvalue weighted by atomic mass is 19.1. The Labute approximate surface area is 129 Å². The zero-order valence-electron chi connectivity index (χ0n) is 12.3. The molecule has 0 atom stereocenters. The summed E-state index contributed by atoms with van der Waals surface area (Å²) in [6.45, 7) is 0. The van der Waals surface area contributed by atoms with E-state index in [0.717, 1.165) is 24.0 Å². The first-order valence-electron chi connectivity index (χ1n) is 7.49. The number of anilines is 1. The zero-order valence-corrected chi connectivity index (χ0v) is 12.3. The Kier molecular flexibility index (Phi) is 3.84. The lowest BCUT2D eigenvalue weighted by molar-refractivity contribution is -0.122. The van der Waals surface area contributed by atoms with Gasteiger partial charge in [-0.3, -0.25) is 4.79 Å². The number of halogens is 1. The van der Waals surface area contributed by atoms with Gasteiger partial charge in [-0.15, -0.1) is 0 Å². The Balaban J connectivity index is 1.61. The van der Waals surface area contributed by atoms with Crippen molar-refractivity contribution < 1.29 is 9.18 Å². The van der Waals surface area contributed by atoms with E-state index in [0.29, 0.717) is 18.5 Å². The van der Waals surface area contributed by atoms with Gasteiger partial charge in [-0.1, -0.05) is 30.3 Å². The largest absolute Gasteiger partial charge is 0.399 e. The molecule has 2 aromatic carbocycles. The highest BCUT2D eigenvalue weighted by Gasteiger charge is 2.45. The summed E-state index contributed by atoms with van der Waals surface area (Å²) in [6.07, 6.45) is 2.70. The third-order valence-electron chi connectivity index (χ3n) is 4.18. The fourth-order valence-corrected chi connectivity index (χ4v) is 2.74. The molecular weight excluding hydrogens is 279 g/mol. The molecule has 0 spiro atoms. The van der Waals surface area contributed by atoms with Crippen molar-refractivity contribution in [1.82, 2.24) is 5.32 Å². The van der Waals surface area contributed by atoms with Crippen LogP contribution in [0.2, 0.25) is 0 Å². The Morgan fingerprint density at radius 3 is 2.64 bits per heavy atom. The normalized spacial score (nSPS) is 15.3. The molecule has 3 rings (SSSR count). The second-order valence-electron chi connectivity index (χ2n) is 5.84. The van der Waals surface area contributed by atoms with Gasteiger partial charge < -0.3 is 11.1 Å². The summed E-state index contributed by atoms with van der Waals surface area (Å²) in [6, 6.07) is 14.0. The van der Waals surface area contributed by atoms with Crippen molar-refractivity contribution in [2.45, 2.75) is 31.2 Å². The first-order chi connectivity index (χ1) is 10.6. The molecule has 1 aliphatic rings. The van der Waals surface area contributed by atoms with E-state index in [4.69, 9.17) is 5.73 Å². The second kappa shape index (κ2) is 5.79. The van der Waals surface area contributed by atoms with Gasteiger partial charge in [0.2, 0.25) is 5.91 Å². The van der Waals surface area contributed by atoms with E-state index in [9.17, 15) is 9.18 Å². The number of para-hydroxylation sites is 1. The fraction of sp³-hybridized carbons (Fsp3) is 0.278. The molecule has 114 valence electrons. The van der Waals surface area contributed by atoms with Gasteiger partial charge in [-0.2, -0.15) is 0 Å². The van der Waals surface area contributed by atoms with Crippen LogP contribution in [0, 0.1) is 5.82 Å². The molecule has 3 nitrogen and oxygen atoms in total. The molecule has 0 saturated heterocycles. The summed E-state index contributed by atoms with van der Waals surface area (Å²) < 4.78 is 13.3. The molecule has 1 saturated carbocycles. The van der Waals surface area contributed by atoms with Crippen LogP contribution < -0.4 is 11.1 Å². The van der Waals surface area contributed by atoms with Gasteiger partial charge in [0.25, 0.3) is 0 Å². The highest BCUT2D eigenvalue weighted by molar-refractivity contribution is 5.78. The average molecular weight is 298 g/mol. The van der Waals surface area contributed by atoms with Crippen LogP contribution in [-0.4, -0.2) is 5.91 Å². The van der Waals surface area contributed by atoms with Crippen LogP contribution in [0.25, 0.3) is 0 Å². The van der Waals surface area contributed by atoms with E-state index < -0.39 is 0 Å². The number of hydrogen-bond acceptors (Lipinski definition) is 2. The van der Waals surface area contributed by atoms with Gasteiger partial charge >= 0.3 is 0 Å². The molecule has 1 fully saturated rings. The van der Waals surface area contributed by atoms with Crippen LogP contribution in [0.1, 0.15) is 30.4 Å². The number of carbonyl (C=O) groups excluding carboxylic acids is 1. The molecule has 1 amide bonds. The predicted molar refractivity (Wildman–Crippen MR) is 84.6 cm³/mol. The third kappa shape index (κ3) is 3.11. The topological polar surface area (TPSA) is 55.1 Å². The molecular formula is C18H19FN2O. The monoisotopic (exact) mass is 298 g/mol. The molecule has 0 heterocycles. The maximum absolute atomic E-state index is 13.3. The molecule has 4 heteroatoms. The lowest BCUT2D eigenvalue weighted by Crippen LogP contribution is -2.35. The molecule has 0 unspecified atom stereocenters. The van der Waals surface area contributed by atoms with Gasteiger partial charge in [0, 0.05) is 12.1 Å². The summed E-state index contributed by atoms with van der Waals surface area (Å²) in [4.78, 5) is 12.2. The van der Waals surface area contributed by atoms with Crippen molar-refractivity contribution in [2.75, 3.05) is 5.73 Å². The van der Waals surface area contributed by atoms with E-state index in [1.54, 1.807) is 6.07 Å². The molecule has 1 aliphatic carbocycles. The number of nitrogens with two attached hydrogens (primary N) is 1. The first-order valence-corrected chi connectivity index (χ1v) is 7.49. The number of hydrogen-bond donors (Lipinski definition) is 2. The maximum atomic E-state index is 13.3. The number of aryl methyl sites for hydroxylation is 1. The van der Waals surface area contributed by atoms with E-state index in [1.807, 2.05) is 30.3 Å². The Morgan fingerprint density at radius 1 is 1.18 bits per heavy atom.